The largest absolute Gasteiger partial charge is 0.465 e. The molecular weight excluding hydrogens is 264 g/mol. The summed E-state index contributed by atoms with van der Waals surface area (Å²) in [5.41, 5.74) is 1.02. The van der Waals surface area contributed by atoms with Gasteiger partial charge in [-0.05, 0) is 23.6 Å². The summed E-state index contributed by atoms with van der Waals surface area (Å²) in [5, 5.41) is 7.46. The summed E-state index contributed by atoms with van der Waals surface area (Å²) in [5.74, 6) is -0.476. The number of methoxy groups -OCH3 is 1. The summed E-state index contributed by atoms with van der Waals surface area (Å²) in [7, 11) is 1.30. The van der Waals surface area contributed by atoms with Crippen molar-refractivity contribution in [3.05, 3.63) is 47.3 Å². The zero-order valence-electron chi connectivity index (χ0n) is 10.2. The van der Waals surface area contributed by atoms with Crippen LogP contribution in [0.25, 0.3) is 0 Å². The Balaban J connectivity index is 2.04. The molecule has 2 N–H and O–H groups in total. The van der Waals surface area contributed by atoms with Gasteiger partial charge in [0, 0.05) is 5.69 Å². The zero-order chi connectivity index (χ0) is 13.7. The van der Waals surface area contributed by atoms with Crippen LogP contribution in [0.4, 0.5) is 15.5 Å². The molecule has 6 heteroatoms. The molecule has 0 atom stereocenters. The van der Waals surface area contributed by atoms with Gasteiger partial charge in [0.05, 0.1) is 12.7 Å². The third-order valence-corrected chi connectivity index (χ3v) is 3.16. The second-order valence-electron chi connectivity index (χ2n) is 3.60. The minimum absolute atomic E-state index is 0.343. The van der Waals surface area contributed by atoms with Gasteiger partial charge in [-0.3, -0.25) is 5.32 Å². The van der Waals surface area contributed by atoms with Crippen LogP contribution in [0.3, 0.4) is 0 Å². The van der Waals surface area contributed by atoms with E-state index in [4.69, 9.17) is 0 Å². The first-order valence-corrected chi connectivity index (χ1v) is 6.37. The summed E-state index contributed by atoms with van der Waals surface area (Å²) in [6, 6.07) is 10.2. The van der Waals surface area contributed by atoms with Crippen LogP contribution in [-0.2, 0) is 4.74 Å². The molecule has 1 aromatic carbocycles. The smallest absolute Gasteiger partial charge is 0.340 e. The number of hydrogen-bond acceptors (Lipinski definition) is 4. The molecule has 0 bridgehead atoms. The maximum Gasteiger partial charge on any atom is 0.340 e. The Morgan fingerprint density at radius 1 is 1.11 bits per heavy atom. The molecule has 5 nitrogen and oxygen atoms in total. The molecule has 2 amide bonds. The number of nitrogens with one attached hydrogen (secondary N) is 2. The molecule has 1 heterocycles. The average Bonchev–Trinajstić information content (AvgIpc) is 2.87. The highest BCUT2D eigenvalue weighted by molar-refractivity contribution is 7.14. The molecule has 98 valence electrons. The van der Waals surface area contributed by atoms with E-state index in [2.05, 4.69) is 15.4 Å². The van der Waals surface area contributed by atoms with Crippen molar-refractivity contribution in [2.24, 2.45) is 0 Å². The van der Waals surface area contributed by atoms with E-state index in [1.165, 1.54) is 18.4 Å². The van der Waals surface area contributed by atoms with E-state index in [-0.39, 0.29) is 0 Å². The van der Waals surface area contributed by atoms with Gasteiger partial charge in [0.25, 0.3) is 0 Å². The van der Waals surface area contributed by atoms with Gasteiger partial charge >= 0.3 is 12.0 Å². The molecule has 1 aromatic heterocycles. The Hall–Kier alpha value is -2.34. The van der Waals surface area contributed by atoms with Gasteiger partial charge in [-0.1, -0.05) is 18.2 Å². The predicted molar refractivity (Wildman–Crippen MR) is 74.7 cm³/mol. The normalized spacial score (nSPS) is 9.74. The number of thiophene rings is 1. The van der Waals surface area contributed by atoms with E-state index in [1.54, 1.807) is 23.6 Å². The number of amides is 2. The fourth-order valence-electron chi connectivity index (χ4n) is 1.46. The maximum atomic E-state index is 11.8. The Morgan fingerprint density at radius 3 is 2.53 bits per heavy atom. The highest BCUT2D eigenvalue weighted by Gasteiger charge is 2.15. The molecule has 2 aromatic rings. The molecule has 0 aliphatic carbocycles. The van der Waals surface area contributed by atoms with E-state index in [1.807, 2.05) is 18.2 Å². The Kier molecular flexibility index (Phi) is 4.15. The van der Waals surface area contributed by atoms with Crippen LogP contribution in [0.15, 0.2) is 41.8 Å². The van der Waals surface area contributed by atoms with Crippen molar-refractivity contribution in [1.82, 2.24) is 0 Å². The van der Waals surface area contributed by atoms with Crippen LogP contribution < -0.4 is 10.6 Å². The lowest BCUT2D eigenvalue weighted by molar-refractivity contribution is 0.0602. The average molecular weight is 276 g/mol. The number of carbonyl (C=O) groups excluding carboxylic acids is 2. The number of benzene rings is 1. The van der Waals surface area contributed by atoms with Crippen LogP contribution in [0, 0.1) is 0 Å². The lowest BCUT2D eigenvalue weighted by Crippen LogP contribution is -2.20. The monoisotopic (exact) mass is 276 g/mol. The van der Waals surface area contributed by atoms with Crippen LogP contribution in [0.1, 0.15) is 10.4 Å². The van der Waals surface area contributed by atoms with Gasteiger partial charge in [0.2, 0.25) is 0 Å². The molecule has 0 saturated heterocycles. The third-order valence-electron chi connectivity index (χ3n) is 2.33. The Bertz CT molecular complexity index is 581. The quantitative estimate of drug-likeness (QED) is 0.846. The Morgan fingerprint density at radius 2 is 1.84 bits per heavy atom. The molecule has 0 fully saturated rings. The molecule has 0 aliphatic heterocycles. The number of esters is 1. The fourth-order valence-corrected chi connectivity index (χ4v) is 2.23. The van der Waals surface area contributed by atoms with Crippen molar-refractivity contribution >= 4 is 34.0 Å². The fraction of sp³-hybridized carbons (Fsp3) is 0.0769. The van der Waals surface area contributed by atoms with Crippen molar-refractivity contribution in [3.63, 3.8) is 0 Å². The predicted octanol–water partition coefficient (Wildman–Crippen LogP) is 3.18. The molecule has 19 heavy (non-hydrogen) atoms. The number of para-hydroxylation sites is 1. The van der Waals surface area contributed by atoms with Crippen molar-refractivity contribution < 1.29 is 14.3 Å². The molecule has 0 aliphatic rings. The first kappa shape index (κ1) is 13.1. The number of carbonyl (C=O) groups is 2. The molecule has 2 rings (SSSR count). The molecule has 0 saturated carbocycles. The molecular formula is C13H12N2O3S. The van der Waals surface area contributed by atoms with Crippen molar-refractivity contribution in [2.75, 3.05) is 17.7 Å². The number of hydrogen-bond donors (Lipinski definition) is 2. The van der Waals surface area contributed by atoms with Crippen molar-refractivity contribution in [3.8, 4) is 0 Å². The summed E-state index contributed by atoms with van der Waals surface area (Å²) in [4.78, 5) is 23.2. The van der Waals surface area contributed by atoms with Crippen LogP contribution in [0.2, 0.25) is 0 Å². The number of anilines is 2. The van der Waals surface area contributed by atoms with Gasteiger partial charge in [-0.15, -0.1) is 11.3 Å². The number of urea groups is 1. The summed E-state index contributed by atoms with van der Waals surface area (Å²) >= 11 is 1.26. The summed E-state index contributed by atoms with van der Waals surface area (Å²) in [6.45, 7) is 0. The SMILES string of the molecule is COC(=O)c1ccsc1NC(=O)Nc1ccccc1. The number of ether oxygens (including phenoxy) is 1. The lowest BCUT2D eigenvalue weighted by atomic mass is 10.3. The van der Waals surface area contributed by atoms with Crippen LogP contribution in [0.5, 0.6) is 0 Å². The maximum absolute atomic E-state index is 11.8. The van der Waals surface area contributed by atoms with E-state index in [9.17, 15) is 9.59 Å². The number of rotatable bonds is 3. The van der Waals surface area contributed by atoms with Crippen LogP contribution >= 0.6 is 11.3 Å². The Labute approximate surface area is 114 Å². The second-order valence-corrected chi connectivity index (χ2v) is 4.52. The first-order valence-electron chi connectivity index (χ1n) is 5.49. The van der Waals surface area contributed by atoms with Crippen LogP contribution in [-0.4, -0.2) is 19.1 Å². The van der Waals surface area contributed by atoms with E-state index in [0.717, 1.165) is 0 Å². The van der Waals surface area contributed by atoms with Gasteiger partial charge in [-0.25, -0.2) is 9.59 Å². The minimum atomic E-state index is -0.476. The lowest BCUT2D eigenvalue weighted by Gasteiger charge is -2.07. The topological polar surface area (TPSA) is 67.4 Å². The summed E-state index contributed by atoms with van der Waals surface area (Å²) < 4.78 is 4.63. The van der Waals surface area contributed by atoms with Crippen molar-refractivity contribution in [2.45, 2.75) is 0 Å². The van der Waals surface area contributed by atoms with E-state index in [0.29, 0.717) is 16.3 Å². The molecule has 0 radical (unpaired) electrons. The van der Waals surface area contributed by atoms with Gasteiger partial charge < -0.3 is 10.1 Å². The zero-order valence-corrected chi connectivity index (χ0v) is 11.0. The standard InChI is InChI=1S/C13H12N2O3S/c1-18-12(16)10-7-8-19-11(10)15-13(17)14-9-5-3-2-4-6-9/h2-8H,1H3,(H2,14,15,17). The van der Waals surface area contributed by atoms with Gasteiger partial charge in [0.15, 0.2) is 0 Å². The second kappa shape index (κ2) is 6.01. The summed E-state index contributed by atoms with van der Waals surface area (Å²) in [6.07, 6.45) is 0. The third kappa shape index (κ3) is 3.32. The highest BCUT2D eigenvalue weighted by Crippen LogP contribution is 2.24. The van der Waals surface area contributed by atoms with E-state index >= 15 is 0 Å². The van der Waals surface area contributed by atoms with Gasteiger partial charge in [-0.2, -0.15) is 0 Å². The minimum Gasteiger partial charge on any atom is -0.465 e. The van der Waals surface area contributed by atoms with E-state index < -0.39 is 12.0 Å². The first-order chi connectivity index (χ1) is 9.20. The van der Waals surface area contributed by atoms with Gasteiger partial charge in [0.1, 0.15) is 5.00 Å². The van der Waals surface area contributed by atoms with Crippen molar-refractivity contribution in [1.29, 1.82) is 0 Å². The molecule has 0 unspecified atom stereocenters. The molecule has 0 spiro atoms. The highest BCUT2D eigenvalue weighted by atomic mass is 32.1.